The molecule has 1 aliphatic carbocycles. The van der Waals surface area contributed by atoms with Crippen LogP contribution in [0.3, 0.4) is 0 Å². The van der Waals surface area contributed by atoms with Gasteiger partial charge in [-0.25, -0.2) is 0 Å². The topological polar surface area (TPSA) is 0 Å². The van der Waals surface area contributed by atoms with E-state index in [2.05, 4.69) is 218 Å². The summed E-state index contributed by atoms with van der Waals surface area (Å²) in [5, 5.41) is 11.5. The number of rotatable bonds is 11. The van der Waals surface area contributed by atoms with E-state index in [0.717, 1.165) is 4.51 Å². The Hall–Kier alpha value is -8.97. The van der Waals surface area contributed by atoms with Crippen molar-refractivity contribution in [3.05, 3.63) is 341 Å². The Morgan fingerprint density at radius 2 is 0.430 bits per heavy atom. The quantitative estimate of drug-likeness (QED) is 0.0688. The molecule has 0 aromatic heterocycles. The van der Waals surface area contributed by atoms with E-state index in [1.165, 1.54) is 37.4 Å². The van der Waals surface area contributed by atoms with Crippen molar-refractivity contribution in [2.45, 2.75) is 64.0 Å². The molecule has 1 fully saturated rings. The van der Waals surface area contributed by atoms with E-state index < -0.39 is 211 Å². The number of hydrogen-bond acceptors (Lipinski definition) is 0. The Kier molecular flexibility index (Phi) is 24.1. The van der Waals surface area contributed by atoms with Gasteiger partial charge in [-0.15, -0.1) is 0 Å². The average molecular weight is 1630 g/mol. The van der Waals surface area contributed by atoms with E-state index in [4.69, 9.17) is 0 Å². The number of fused-ring (bicyclic) bond motifs is 1. The number of alkyl halides is 24. The Labute approximate surface area is 604 Å². The zero-order valence-electron chi connectivity index (χ0n) is 54.6. The van der Waals surface area contributed by atoms with Gasteiger partial charge >= 0.3 is 127 Å². The van der Waals surface area contributed by atoms with Crippen LogP contribution in [0.2, 0.25) is 10.0 Å². The second-order valence-corrected chi connectivity index (χ2v) is 33.6. The van der Waals surface area contributed by atoms with Gasteiger partial charge in [-0.1, -0.05) is 231 Å². The summed E-state index contributed by atoms with van der Waals surface area (Å²) < 4.78 is 342. The standard InChI is InChI=1S/C32H12BF24.2C18H15P.C9H7.C2H4.Ru/c34-25(35,36)13-1-14(26(37,38)39)6-21(5-13)33(22-7-15(27(40,41)42)2-16(8-22)28(43,44)45,23-9-17(29(46,47)48)3-18(10-23)30(49,50)51)24-11-19(31(52,53)54)4-20(12-24)32(55,56)57;2*1-4-10-16(11-5-1)19(17-12-6-2-7-13-17)18-14-8-3-9-15-18;1-2-5-9-7-3-6-8(9)4-1;1-2;/h1-12H;2*1-15H;1-7H;1-2H2;/q-1;;;;;+1. The Morgan fingerprint density at radius 3 is 0.617 bits per heavy atom. The normalized spacial score (nSPS) is 14.4. The van der Waals surface area contributed by atoms with Crippen molar-refractivity contribution in [2.24, 2.45) is 0 Å². The first-order valence-electron chi connectivity index (χ1n) is 31.7. The fourth-order valence-corrected chi connectivity index (χ4v) is 20.9. The van der Waals surface area contributed by atoms with Crippen LogP contribution >= 0.6 is 15.8 Å². The smallest absolute Gasteiger partial charge is 0.194 e. The molecular weight excluding hydrogens is 1580 g/mol. The van der Waals surface area contributed by atoms with Crippen molar-refractivity contribution in [3.63, 3.8) is 0 Å². The molecule has 0 radical (unpaired) electrons. The summed E-state index contributed by atoms with van der Waals surface area (Å²) in [6, 6.07) is 64.7. The van der Waals surface area contributed by atoms with Crippen LogP contribution in [-0.4, -0.2) is 6.15 Å². The fourth-order valence-electron chi connectivity index (χ4n) is 12.1. The van der Waals surface area contributed by atoms with Crippen molar-refractivity contribution < 1.29 is 121 Å². The molecule has 13 rings (SSSR count). The summed E-state index contributed by atoms with van der Waals surface area (Å²) >= 11 is -0.337. The van der Waals surface area contributed by atoms with E-state index in [0.29, 0.717) is 0 Å². The molecule has 107 heavy (non-hydrogen) atoms. The van der Waals surface area contributed by atoms with Crippen LogP contribution in [0.4, 0.5) is 105 Å². The van der Waals surface area contributed by atoms with E-state index in [-0.39, 0.29) is 16.0 Å². The molecule has 0 N–H and O–H groups in total. The molecule has 0 spiro atoms. The maximum absolute atomic E-state index is 14.2. The van der Waals surface area contributed by atoms with Gasteiger partial charge in [-0.3, -0.25) is 0 Å². The second-order valence-electron chi connectivity index (χ2n) is 24.1. The molecule has 1 saturated heterocycles. The Morgan fingerprint density at radius 1 is 0.243 bits per heavy atom. The molecule has 0 amide bonds. The molecule has 1 aliphatic heterocycles. The number of hydrogen-bond donors (Lipinski definition) is 0. The predicted molar refractivity (Wildman–Crippen MR) is 368 cm³/mol. The van der Waals surface area contributed by atoms with Gasteiger partial charge in [0, 0.05) is 0 Å². The van der Waals surface area contributed by atoms with E-state index >= 15 is 0 Å². The van der Waals surface area contributed by atoms with Crippen molar-refractivity contribution in [2.75, 3.05) is 0 Å². The monoisotopic (exact) mass is 1630 g/mol. The molecule has 11 aromatic carbocycles. The maximum Gasteiger partial charge on any atom is 0.416 e. The molecule has 1 heterocycles. The minimum Gasteiger partial charge on any atom is -0.194 e. The summed E-state index contributed by atoms with van der Waals surface area (Å²) in [6.45, 7) is 0. The van der Waals surface area contributed by atoms with Crippen LogP contribution in [0, 0.1) is 0 Å². The molecule has 1 unspecified atom stereocenters. The van der Waals surface area contributed by atoms with Gasteiger partial charge in [0.25, 0.3) is 0 Å². The van der Waals surface area contributed by atoms with Gasteiger partial charge in [0.1, 0.15) is 6.15 Å². The third-order valence-electron chi connectivity index (χ3n) is 16.9. The van der Waals surface area contributed by atoms with Crippen LogP contribution in [-0.2, 0) is 65.4 Å². The van der Waals surface area contributed by atoms with Crippen LogP contribution < -0.4 is 53.7 Å². The molecule has 0 nitrogen and oxygen atoms in total. The molecule has 28 heteroatoms. The maximum atomic E-state index is 14.2. The van der Waals surface area contributed by atoms with Crippen molar-refractivity contribution in [3.8, 4) is 0 Å². The molecule has 558 valence electrons. The molecule has 1 atom stereocenters. The SMILES string of the molecule is C1=C[CH]([Ru+]2[CH2][CH2]2)c2ccccc21.FC(F)(F)c1cc([B-](c2cc(C(F)(F)F)cc(C(F)(F)F)c2)(c2cc(C(F)(F)F)cc(C(F)(F)F)c2)c2cc(C(F)(F)F)cc(C(F)(F)F)c2)cc(C(F)(F)F)c1.c1ccc(P(c2ccccc2)c2ccccc2)cc1.c1ccc(P(c2ccccc2)c2ccccc2)cc1. The first-order chi connectivity index (χ1) is 50.1. The van der Waals surface area contributed by atoms with Gasteiger partial charge in [-0.05, 0) is 71.9 Å². The van der Waals surface area contributed by atoms with Crippen molar-refractivity contribution in [1.82, 2.24) is 0 Å². The van der Waals surface area contributed by atoms with Crippen LogP contribution in [0.15, 0.2) is 285 Å². The number of allylic oxidation sites excluding steroid dienone is 1. The molecular formula is C79H53BF24P2Ru. The van der Waals surface area contributed by atoms with Crippen molar-refractivity contribution in [1.29, 1.82) is 0 Å². The summed E-state index contributed by atoms with van der Waals surface area (Å²) in [7, 11) is -0.892. The Balaban J connectivity index is 0.000000192. The first kappa shape index (κ1) is 80.6. The number of halogens is 24. The van der Waals surface area contributed by atoms with Crippen molar-refractivity contribution >= 4 is 81.7 Å². The summed E-state index contributed by atoms with van der Waals surface area (Å²) in [4.78, 5) is 0. The summed E-state index contributed by atoms with van der Waals surface area (Å²) in [6.07, 6.45) is -50.1. The van der Waals surface area contributed by atoms with Gasteiger partial charge in [0.05, 0.1) is 44.5 Å². The van der Waals surface area contributed by atoms with E-state index in [1.807, 2.05) is 0 Å². The Bertz CT molecular complexity index is 4080. The van der Waals surface area contributed by atoms with Gasteiger partial charge in [0.15, 0.2) is 0 Å². The fraction of sp³-hybridized carbons (Fsp3) is 0.139. The summed E-state index contributed by atoms with van der Waals surface area (Å²) in [5.41, 5.74) is -27.1. The largest absolute Gasteiger partial charge is 0.416 e. The van der Waals surface area contributed by atoms with Gasteiger partial charge in [-0.2, -0.15) is 127 Å². The second kappa shape index (κ2) is 32.1. The minimum absolute atomic E-state index is 0.337. The molecule has 11 aromatic rings. The third-order valence-corrected chi connectivity index (χ3v) is 26.1. The van der Waals surface area contributed by atoms with Gasteiger partial charge < -0.3 is 0 Å². The zero-order valence-corrected chi connectivity index (χ0v) is 58.1. The molecule has 0 saturated carbocycles. The average Bonchev–Trinajstić information content (AvgIpc) is 1.27. The number of benzene rings is 11. The van der Waals surface area contributed by atoms with E-state index in [1.54, 1.807) is 15.6 Å². The summed E-state index contributed by atoms with van der Waals surface area (Å²) in [5.74, 6) is 0. The van der Waals surface area contributed by atoms with Crippen LogP contribution in [0.1, 0.15) is 60.1 Å². The zero-order chi connectivity index (χ0) is 77.7. The predicted octanol–water partition coefficient (Wildman–Crippen LogP) is 21.3. The van der Waals surface area contributed by atoms with Gasteiger partial charge in [0.2, 0.25) is 0 Å². The minimum atomic E-state index is -6.13. The molecule has 2 aliphatic rings. The van der Waals surface area contributed by atoms with Crippen LogP contribution in [0.5, 0.6) is 0 Å². The van der Waals surface area contributed by atoms with Crippen LogP contribution in [0.25, 0.3) is 6.08 Å². The molecule has 0 bridgehead atoms. The van der Waals surface area contributed by atoms with E-state index in [9.17, 15) is 105 Å². The third kappa shape index (κ3) is 19.9. The first-order valence-corrected chi connectivity index (χ1v) is 37.8.